The zero-order valence-electron chi connectivity index (χ0n) is 18.4. The van der Waals surface area contributed by atoms with Crippen LogP contribution >= 0.6 is 22.9 Å². The Morgan fingerprint density at radius 2 is 1.94 bits per heavy atom. The van der Waals surface area contributed by atoms with Crippen LogP contribution in [-0.4, -0.2) is 48.5 Å². The minimum absolute atomic E-state index is 0.151. The van der Waals surface area contributed by atoms with Gasteiger partial charge in [0.2, 0.25) is 5.91 Å². The summed E-state index contributed by atoms with van der Waals surface area (Å²) in [5.74, 6) is 0.108. The van der Waals surface area contributed by atoms with E-state index in [2.05, 4.69) is 27.0 Å². The van der Waals surface area contributed by atoms with Crippen LogP contribution in [0.5, 0.6) is 5.75 Å². The third kappa shape index (κ3) is 6.43. The molecule has 2 heterocycles. The summed E-state index contributed by atoms with van der Waals surface area (Å²) in [6.45, 7) is 7.27. The molecule has 33 heavy (non-hydrogen) atoms. The number of hydrogen-bond donors (Lipinski definition) is 1. The summed E-state index contributed by atoms with van der Waals surface area (Å²) in [6.07, 6.45) is 0.155. The molecule has 2 aromatic carbocycles. The van der Waals surface area contributed by atoms with Gasteiger partial charge in [-0.1, -0.05) is 18.5 Å². The maximum absolute atomic E-state index is 13.0. The number of amides is 1. The van der Waals surface area contributed by atoms with E-state index < -0.39 is 0 Å². The molecule has 1 aliphatic rings. The lowest BCUT2D eigenvalue weighted by molar-refractivity contribution is -0.115. The fourth-order valence-electron chi connectivity index (χ4n) is 3.72. The van der Waals surface area contributed by atoms with Crippen molar-refractivity contribution >= 4 is 40.2 Å². The van der Waals surface area contributed by atoms with E-state index in [9.17, 15) is 9.18 Å². The second-order valence-electron chi connectivity index (χ2n) is 7.78. The molecule has 6 nitrogen and oxygen atoms in total. The van der Waals surface area contributed by atoms with Gasteiger partial charge in [0.05, 0.1) is 23.5 Å². The molecule has 0 saturated carbocycles. The fraction of sp³-hybridized carbons (Fsp3) is 0.333. The summed E-state index contributed by atoms with van der Waals surface area (Å²) < 4.78 is 18.6. The first-order valence-electron chi connectivity index (χ1n) is 10.9. The molecular weight excluding hydrogens is 463 g/mol. The topological polar surface area (TPSA) is 57.7 Å². The summed E-state index contributed by atoms with van der Waals surface area (Å²) in [7, 11) is 0. The summed E-state index contributed by atoms with van der Waals surface area (Å²) in [5.41, 5.74) is 2.37. The van der Waals surface area contributed by atoms with Gasteiger partial charge in [0.25, 0.3) is 0 Å². The normalized spacial score (nSPS) is 14.3. The van der Waals surface area contributed by atoms with Gasteiger partial charge in [-0.2, -0.15) is 0 Å². The van der Waals surface area contributed by atoms with Crippen molar-refractivity contribution in [3.05, 3.63) is 69.4 Å². The molecule has 0 radical (unpaired) electrons. The van der Waals surface area contributed by atoms with Gasteiger partial charge in [-0.25, -0.2) is 9.37 Å². The average Bonchev–Trinajstić information content (AvgIpc) is 3.26. The number of halogens is 2. The van der Waals surface area contributed by atoms with E-state index in [1.807, 2.05) is 17.5 Å². The van der Waals surface area contributed by atoms with Crippen LogP contribution in [0.1, 0.15) is 17.6 Å². The molecule has 174 valence electrons. The third-order valence-corrected chi connectivity index (χ3v) is 6.62. The van der Waals surface area contributed by atoms with Gasteiger partial charge in [0, 0.05) is 36.6 Å². The maximum atomic E-state index is 13.0. The maximum Gasteiger partial charge on any atom is 0.230 e. The number of ether oxygens (including phenoxy) is 1. The minimum atomic E-state index is -0.309. The van der Waals surface area contributed by atoms with Crippen LogP contribution in [0.4, 0.5) is 15.8 Å². The van der Waals surface area contributed by atoms with Crippen LogP contribution < -0.4 is 15.0 Å². The lowest BCUT2D eigenvalue weighted by atomic mass is 10.2. The summed E-state index contributed by atoms with van der Waals surface area (Å²) in [6, 6.07) is 11.5. The Bertz CT molecular complexity index is 1080. The van der Waals surface area contributed by atoms with Crippen molar-refractivity contribution in [1.29, 1.82) is 0 Å². The first-order valence-corrected chi connectivity index (χ1v) is 12.1. The van der Waals surface area contributed by atoms with Crippen LogP contribution in [0.2, 0.25) is 5.02 Å². The van der Waals surface area contributed by atoms with E-state index in [-0.39, 0.29) is 24.8 Å². The van der Waals surface area contributed by atoms with Crippen LogP contribution in [-0.2, 0) is 17.8 Å². The van der Waals surface area contributed by atoms with E-state index in [1.165, 1.54) is 23.5 Å². The smallest absolute Gasteiger partial charge is 0.230 e. The van der Waals surface area contributed by atoms with E-state index >= 15 is 0 Å². The first kappa shape index (κ1) is 23.5. The van der Waals surface area contributed by atoms with Gasteiger partial charge in [-0.15, -0.1) is 11.3 Å². The molecule has 1 aliphatic heterocycles. The van der Waals surface area contributed by atoms with Gasteiger partial charge in [0.1, 0.15) is 23.2 Å². The Balaban J connectivity index is 1.35. The van der Waals surface area contributed by atoms with Crippen molar-refractivity contribution in [2.45, 2.75) is 20.0 Å². The number of carbonyl (C=O) groups is 1. The van der Waals surface area contributed by atoms with Gasteiger partial charge in [-0.05, 0) is 49.0 Å². The molecule has 1 aromatic heterocycles. The highest BCUT2D eigenvalue weighted by atomic mass is 35.5. The SMILES string of the molecule is CCN1CCN(c2ccc(Cl)cc2NC(=O)Cc2csc(COc3ccc(F)cc3)n2)CC1. The Morgan fingerprint density at radius 3 is 2.67 bits per heavy atom. The molecule has 1 amide bonds. The number of rotatable bonds is 8. The largest absolute Gasteiger partial charge is 0.486 e. The van der Waals surface area contributed by atoms with Crippen molar-refractivity contribution in [3.8, 4) is 5.75 Å². The van der Waals surface area contributed by atoms with Gasteiger partial charge in [0.15, 0.2) is 0 Å². The number of benzene rings is 2. The zero-order valence-corrected chi connectivity index (χ0v) is 20.0. The van der Waals surface area contributed by atoms with Crippen molar-refractivity contribution in [1.82, 2.24) is 9.88 Å². The molecule has 0 spiro atoms. The number of likely N-dealkylation sites (N-methyl/N-ethyl adjacent to an activating group) is 1. The van der Waals surface area contributed by atoms with Crippen LogP contribution in [0.3, 0.4) is 0 Å². The fourth-order valence-corrected chi connectivity index (χ4v) is 4.60. The first-order chi connectivity index (χ1) is 16.0. The molecule has 9 heteroatoms. The second kappa shape index (κ2) is 11.0. The highest BCUT2D eigenvalue weighted by Crippen LogP contribution is 2.30. The number of thiazole rings is 1. The van der Waals surface area contributed by atoms with E-state index in [0.717, 1.165) is 43.4 Å². The molecule has 1 saturated heterocycles. The van der Waals surface area contributed by atoms with Gasteiger partial charge < -0.3 is 19.9 Å². The average molecular weight is 489 g/mol. The number of anilines is 2. The second-order valence-corrected chi connectivity index (χ2v) is 9.16. The number of aromatic nitrogens is 1. The lowest BCUT2D eigenvalue weighted by Crippen LogP contribution is -2.46. The Labute approximate surface area is 201 Å². The predicted molar refractivity (Wildman–Crippen MR) is 131 cm³/mol. The van der Waals surface area contributed by atoms with Crippen LogP contribution in [0.15, 0.2) is 47.8 Å². The molecule has 4 rings (SSSR count). The summed E-state index contributed by atoms with van der Waals surface area (Å²) in [4.78, 5) is 21.9. The number of carbonyl (C=O) groups excluding carboxylic acids is 1. The minimum Gasteiger partial charge on any atom is -0.486 e. The zero-order chi connectivity index (χ0) is 23.2. The van der Waals surface area contributed by atoms with E-state index in [0.29, 0.717) is 22.2 Å². The Hall–Kier alpha value is -2.68. The predicted octanol–water partition coefficient (Wildman–Crippen LogP) is 4.84. The van der Waals surface area contributed by atoms with Gasteiger partial charge >= 0.3 is 0 Å². The molecule has 1 N–H and O–H groups in total. The van der Waals surface area contributed by atoms with Crippen molar-refractivity contribution in [2.24, 2.45) is 0 Å². The van der Waals surface area contributed by atoms with Gasteiger partial charge in [-0.3, -0.25) is 4.79 Å². The van der Waals surface area contributed by atoms with Crippen molar-refractivity contribution in [3.63, 3.8) is 0 Å². The number of hydrogen-bond acceptors (Lipinski definition) is 6. The highest BCUT2D eigenvalue weighted by molar-refractivity contribution is 7.09. The van der Waals surface area contributed by atoms with Crippen molar-refractivity contribution in [2.75, 3.05) is 42.9 Å². The quantitative estimate of drug-likeness (QED) is 0.492. The van der Waals surface area contributed by atoms with Crippen LogP contribution in [0.25, 0.3) is 0 Å². The molecule has 0 atom stereocenters. The summed E-state index contributed by atoms with van der Waals surface area (Å²) >= 11 is 7.65. The number of nitrogens with zero attached hydrogens (tertiary/aromatic N) is 3. The molecule has 3 aromatic rings. The Kier molecular flexibility index (Phi) is 7.80. The number of nitrogens with one attached hydrogen (secondary N) is 1. The molecule has 0 unspecified atom stereocenters. The van der Waals surface area contributed by atoms with E-state index in [4.69, 9.17) is 16.3 Å². The lowest BCUT2D eigenvalue weighted by Gasteiger charge is -2.36. The highest BCUT2D eigenvalue weighted by Gasteiger charge is 2.20. The Morgan fingerprint density at radius 1 is 1.18 bits per heavy atom. The molecule has 0 aliphatic carbocycles. The van der Waals surface area contributed by atoms with E-state index in [1.54, 1.807) is 18.2 Å². The van der Waals surface area contributed by atoms with Crippen LogP contribution in [0, 0.1) is 5.82 Å². The molecular formula is C24H26ClFN4O2S. The monoisotopic (exact) mass is 488 g/mol. The third-order valence-electron chi connectivity index (χ3n) is 5.51. The molecule has 1 fully saturated rings. The molecule has 0 bridgehead atoms. The number of piperazine rings is 1. The summed E-state index contributed by atoms with van der Waals surface area (Å²) in [5, 5.41) is 6.20. The standard InChI is InChI=1S/C24H26ClFN4O2S/c1-2-29-9-11-30(12-10-29)22-8-3-17(25)13-21(22)28-23(31)14-19-16-33-24(27-19)15-32-20-6-4-18(26)5-7-20/h3-8,13,16H,2,9-12,14-15H2,1H3,(H,28,31). The van der Waals surface area contributed by atoms with Crippen molar-refractivity contribution < 1.29 is 13.9 Å².